The van der Waals surface area contributed by atoms with Crippen molar-refractivity contribution < 1.29 is 34.1 Å². The number of hydrogen-bond donors (Lipinski definition) is 4. The minimum absolute atomic E-state index is 0.0381. The number of benzene rings is 2. The number of carbonyl (C=O) groups excluding carboxylic acids is 2. The number of fused-ring (bicyclic) bond motifs is 3. The molecule has 2 aromatic rings. The second-order valence-corrected chi connectivity index (χ2v) is 8.17. The number of carboxylic acids is 1. The Morgan fingerprint density at radius 1 is 1.06 bits per heavy atom. The molecule has 1 fully saturated rings. The molecule has 9 nitrogen and oxygen atoms in total. The smallest absolute Gasteiger partial charge is 0.407 e. The van der Waals surface area contributed by atoms with Crippen LogP contribution in [0.4, 0.5) is 4.79 Å². The van der Waals surface area contributed by atoms with Gasteiger partial charge in [-0.1, -0.05) is 48.5 Å². The highest BCUT2D eigenvalue weighted by molar-refractivity contribution is 5.89. The number of aliphatic hydroxyl groups excluding tert-OH is 1. The Balaban J connectivity index is 1.40. The number of rotatable bonds is 7. The van der Waals surface area contributed by atoms with Crippen LogP contribution in [0.15, 0.2) is 48.5 Å². The molecule has 2 aromatic carbocycles. The van der Waals surface area contributed by atoms with Crippen LogP contribution >= 0.6 is 0 Å². The predicted molar refractivity (Wildman–Crippen MR) is 118 cm³/mol. The first-order valence-electron chi connectivity index (χ1n) is 10.8. The lowest BCUT2D eigenvalue weighted by Crippen LogP contribution is -2.56. The predicted octanol–water partition coefficient (Wildman–Crippen LogP) is 1.63. The molecule has 0 aromatic heterocycles. The van der Waals surface area contributed by atoms with Gasteiger partial charge in [0.05, 0.1) is 25.2 Å². The lowest BCUT2D eigenvalue weighted by atomic mass is 9.98. The van der Waals surface area contributed by atoms with Gasteiger partial charge in [0.1, 0.15) is 12.6 Å². The Morgan fingerprint density at radius 3 is 2.30 bits per heavy atom. The third-order valence-electron chi connectivity index (χ3n) is 5.98. The Labute approximate surface area is 190 Å². The van der Waals surface area contributed by atoms with Crippen molar-refractivity contribution in [3.63, 3.8) is 0 Å². The molecule has 1 aliphatic carbocycles. The third-order valence-corrected chi connectivity index (χ3v) is 5.98. The van der Waals surface area contributed by atoms with Crippen molar-refractivity contribution in [3.05, 3.63) is 59.7 Å². The Kier molecular flexibility index (Phi) is 6.90. The highest BCUT2D eigenvalue weighted by Crippen LogP contribution is 2.44. The average Bonchev–Trinajstić information content (AvgIpc) is 3.12. The highest BCUT2D eigenvalue weighted by Gasteiger charge is 2.32. The van der Waals surface area contributed by atoms with E-state index < -0.39 is 42.6 Å². The van der Waals surface area contributed by atoms with Gasteiger partial charge in [0.15, 0.2) is 0 Å². The van der Waals surface area contributed by atoms with Crippen LogP contribution in [0.3, 0.4) is 0 Å². The van der Waals surface area contributed by atoms with Crippen LogP contribution in [-0.2, 0) is 19.1 Å². The summed E-state index contributed by atoms with van der Waals surface area (Å²) in [5.74, 6) is -2.14. The van der Waals surface area contributed by atoms with Crippen LogP contribution < -0.4 is 10.6 Å². The molecule has 4 N–H and O–H groups in total. The molecule has 9 heteroatoms. The number of nitrogens with one attached hydrogen (secondary N) is 2. The van der Waals surface area contributed by atoms with Gasteiger partial charge in [0.25, 0.3) is 0 Å². The first kappa shape index (κ1) is 22.8. The zero-order valence-corrected chi connectivity index (χ0v) is 17.9. The molecule has 0 saturated carbocycles. The maximum atomic E-state index is 12.6. The van der Waals surface area contributed by atoms with Crippen LogP contribution in [0.1, 0.15) is 29.9 Å². The summed E-state index contributed by atoms with van der Waals surface area (Å²) in [6, 6.07) is 13.7. The summed E-state index contributed by atoms with van der Waals surface area (Å²) in [7, 11) is 0. The largest absolute Gasteiger partial charge is 0.481 e. The zero-order chi connectivity index (χ0) is 23.4. The molecule has 0 bridgehead atoms. The number of alkyl carbamates (subject to hydrolysis) is 1. The Morgan fingerprint density at radius 2 is 1.70 bits per heavy atom. The van der Waals surface area contributed by atoms with E-state index in [-0.39, 0.29) is 19.1 Å². The fourth-order valence-corrected chi connectivity index (χ4v) is 4.31. The number of hydrogen-bond acceptors (Lipinski definition) is 6. The Hall–Kier alpha value is -3.43. The third kappa shape index (κ3) is 5.15. The zero-order valence-electron chi connectivity index (χ0n) is 17.9. The van der Waals surface area contributed by atoms with Gasteiger partial charge >= 0.3 is 12.1 Å². The summed E-state index contributed by atoms with van der Waals surface area (Å²) < 4.78 is 10.7. The van der Waals surface area contributed by atoms with Crippen molar-refractivity contribution in [2.45, 2.75) is 36.9 Å². The van der Waals surface area contributed by atoms with Crippen LogP contribution in [-0.4, -0.2) is 66.2 Å². The molecule has 0 radical (unpaired) electrons. The van der Waals surface area contributed by atoms with Crippen LogP contribution in [0, 0.1) is 0 Å². The molecule has 2 aliphatic rings. The van der Waals surface area contributed by atoms with Crippen molar-refractivity contribution in [2.24, 2.45) is 0 Å². The summed E-state index contributed by atoms with van der Waals surface area (Å²) in [5.41, 5.74) is 4.24. The van der Waals surface area contributed by atoms with Crippen molar-refractivity contribution in [1.29, 1.82) is 0 Å². The number of amides is 2. The van der Waals surface area contributed by atoms with Crippen molar-refractivity contribution in [3.8, 4) is 11.1 Å². The van der Waals surface area contributed by atoms with E-state index in [1.807, 2.05) is 48.5 Å². The summed E-state index contributed by atoms with van der Waals surface area (Å²) >= 11 is 0. The van der Waals surface area contributed by atoms with E-state index >= 15 is 0 Å². The van der Waals surface area contributed by atoms with Gasteiger partial charge in [-0.05, 0) is 28.7 Å². The number of aliphatic carboxylic acids is 1. The standard InChI is InChI=1S/C24H26N2O7/c27-21-9-10-32-13-20(21)25-23(30)19(11-22(28)29)26-24(31)33-12-18-16-7-3-1-5-14(16)15-6-2-4-8-17(15)18/h1-8,18-21,27H,9-13H2,(H,25,30)(H,26,31)(H,28,29). The first-order chi connectivity index (χ1) is 15.9. The van der Waals surface area contributed by atoms with E-state index in [1.54, 1.807) is 0 Å². The lowest BCUT2D eigenvalue weighted by Gasteiger charge is -2.29. The first-order valence-corrected chi connectivity index (χ1v) is 10.8. The van der Waals surface area contributed by atoms with Gasteiger partial charge in [0, 0.05) is 12.5 Å². The average molecular weight is 454 g/mol. The lowest BCUT2D eigenvalue weighted by molar-refractivity contribution is -0.140. The second kappa shape index (κ2) is 10.0. The van der Waals surface area contributed by atoms with Crippen LogP contribution in [0.25, 0.3) is 11.1 Å². The molecule has 3 atom stereocenters. The maximum absolute atomic E-state index is 12.6. The van der Waals surface area contributed by atoms with E-state index in [4.69, 9.17) is 9.47 Å². The molecule has 1 aliphatic heterocycles. The minimum atomic E-state index is -1.35. The molecule has 1 saturated heterocycles. The summed E-state index contributed by atoms with van der Waals surface area (Å²) in [4.78, 5) is 36.3. The molecule has 1 heterocycles. The number of ether oxygens (including phenoxy) is 2. The van der Waals surface area contributed by atoms with E-state index in [0.717, 1.165) is 22.3 Å². The monoisotopic (exact) mass is 454 g/mol. The summed E-state index contributed by atoms with van der Waals surface area (Å²) in [5, 5.41) is 24.1. The molecule has 4 rings (SSSR count). The quantitative estimate of drug-likeness (QED) is 0.500. The van der Waals surface area contributed by atoms with Gasteiger partial charge in [-0.3, -0.25) is 9.59 Å². The summed E-state index contributed by atoms with van der Waals surface area (Å²) in [6.07, 6.45) is -1.96. The normalized spacial score (nSPS) is 20.3. The SMILES string of the molecule is O=C(O)CC(NC(=O)OCC1c2ccccc2-c2ccccc21)C(=O)NC1COCCC1O. The molecule has 0 spiro atoms. The maximum Gasteiger partial charge on any atom is 0.407 e. The minimum Gasteiger partial charge on any atom is -0.481 e. The fraction of sp³-hybridized carbons (Fsp3) is 0.375. The van der Waals surface area contributed by atoms with E-state index in [0.29, 0.717) is 13.0 Å². The molecule has 3 unspecified atom stereocenters. The number of carboxylic acid groups (broad SMARTS) is 1. The molecular formula is C24H26N2O7. The van der Waals surface area contributed by atoms with Crippen molar-refractivity contribution in [2.75, 3.05) is 19.8 Å². The van der Waals surface area contributed by atoms with E-state index in [9.17, 15) is 24.6 Å². The molecule has 174 valence electrons. The number of aliphatic hydroxyl groups is 1. The van der Waals surface area contributed by atoms with Crippen LogP contribution in [0.2, 0.25) is 0 Å². The van der Waals surface area contributed by atoms with Gasteiger partial charge < -0.3 is 30.3 Å². The number of carbonyl (C=O) groups is 3. The van der Waals surface area contributed by atoms with E-state index in [2.05, 4.69) is 10.6 Å². The van der Waals surface area contributed by atoms with Crippen molar-refractivity contribution >= 4 is 18.0 Å². The molecule has 2 amide bonds. The van der Waals surface area contributed by atoms with Crippen LogP contribution in [0.5, 0.6) is 0 Å². The van der Waals surface area contributed by atoms with E-state index in [1.165, 1.54) is 0 Å². The van der Waals surface area contributed by atoms with Crippen molar-refractivity contribution in [1.82, 2.24) is 10.6 Å². The van der Waals surface area contributed by atoms with Gasteiger partial charge in [-0.15, -0.1) is 0 Å². The van der Waals surface area contributed by atoms with Gasteiger partial charge in [0.2, 0.25) is 5.91 Å². The second-order valence-electron chi connectivity index (χ2n) is 8.17. The highest BCUT2D eigenvalue weighted by atomic mass is 16.5. The Bertz CT molecular complexity index is 995. The molecule has 33 heavy (non-hydrogen) atoms. The summed E-state index contributed by atoms with van der Waals surface area (Å²) in [6.45, 7) is 0.526. The molecular weight excluding hydrogens is 428 g/mol. The van der Waals surface area contributed by atoms with Gasteiger partial charge in [-0.2, -0.15) is 0 Å². The fourth-order valence-electron chi connectivity index (χ4n) is 4.31. The topological polar surface area (TPSA) is 134 Å². The van der Waals surface area contributed by atoms with Gasteiger partial charge in [-0.25, -0.2) is 4.79 Å².